The van der Waals surface area contributed by atoms with Gasteiger partial charge >= 0.3 is 0 Å². The number of benzene rings is 2. The van der Waals surface area contributed by atoms with Crippen molar-refractivity contribution >= 4 is 5.91 Å². The van der Waals surface area contributed by atoms with Gasteiger partial charge in [0.1, 0.15) is 0 Å². The van der Waals surface area contributed by atoms with Crippen LogP contribution in [-0.4, -0.2) is 50.2 Å². The molecule has 1 spiro atoms. The molecule has 1 aromatic heterocycles. The number of nitrogens with zero attached hydrogens (tertiary/aromatic N) is 1. The van der Waals surface area contributed by atoms with E-state index in [-0.39, 0.29) is 23.5 Å². The number of fused-ring (bicyclic) bond motifs is 2. The van der Waals surface area contributed by atoms with Gasteiger partial charge in [0.15, 0.2) is 5.76 Å². The van der Waals surface area contributed by atoms with Crippen LogP contribution in [0.5, 0.6) is 0 Å². The first-order valence-corrected chi connectivity index (χ1v) is 12.9. The van der Waals surface area contributed by atoms with Gasteiger partial charge in [-0.25, -0.2) is 5.43 Å². The molecule has 1 aliphatic carbocycles. The molecule has 2 fully saturated rings. The molecule has 0 radical (unpaired) electrons. The Morgan fingerprint density at radius 3 is 2.61 bits per heavy atom. The Labute approximate surface area is 212 Å². The zero-order valence-electron chi connectivity index (χ0n) is 20.7. The van der Waals surface area contributed by atoms with Crippen LogP contribution < -0.4 is 16.2 Å². The molecule has 2 aliphatic heterocycles. The van der Waals surface area contributed by atoms with E-state index < -0.39 is 0 Å². The third kappa shape index (κ3) is 4.06. The second-order valence-corrected chi connectivity index (χ2v) is 10.3. The fourth-order valence-corrected chi connectivity index (χ4v) is 6.73. The Morgan fingerprint density at radius 1 is 1.08 bits per heavy atom. The summed E-state index contributed by atoms with van der Waals surface area (Å²) in [5.41, 5.74) is 10.5. The summed E-state index contributed by atoms with van der Waals surface area (Å²) in [5, 5.41) is 3.22. The van der Waals surface area contributed by atoms with Crippen LogP contribution in [0, 0.1) is 5.92 Å². The average molecular weight is 487 g/mol. The lowest BCUT2D eigenvalue weighted by Gasteiger charge is -2.44. The number of hydrogen-bond donors (Lipinski definition) is 3. The van der Waals surface area contributed by atoms with E-state index in [9.17, 15) is 4.79 Å². The highest BCUT2D eigenvalue weighted by Gasteiger charge is 2.54. The number of piperidine rings is 1. The molecule has 2 saturated heterocycles. The number of nitrogens with one attached hydrogen (secondary N) is 3. The van der Waals surface area contributed by atoms with Gasteiger partial charge in [0.25, 0.3) is 5.91 Å². The SMILES string of the molecule is CO[C@@H]1[C@@H](NC(=O)c2ccco2)c2ccccc2C12CCN(CC1CNNC1c1ccccc1)CC2. The second kappa shape index (κ2) is 9.82. The number of methoxy groups -OCH3 is 1. The molecule has 0 bridgehead atoms. The van der Waals surface area contributed by atoms with Gasteiger partial charge in [-0.2, -0.15) is 0 Å². The molecule has 6 rings (SSSR count). The normalized spacial score (nSPS) is 27.2. The topological polar surface area (TPSA) is 78.8 Å². The number of rotatable bonds is 6. The minimum absolute atomic E-state index is 0.117. The number of ether oxygens (including phenoxy) is 1. The van der Waals surface area contributed by atoms with Gasteiger partial charge < -0.3 is 19.4 Å². The van der Waals surface area contributed by atoms with E-state index in [4.69, 9.17) is 9.15 Å². The minimum Gasteiger partial charge on any atom is -0.459 e. The molecule has 2 aromatic carbocycles. The smallest absolute Gasteiger partial charge is 0.287 e. The molecule has 7 nitrogen and oxygen atoms in total. The fraction of sp³-hybridized carbons (Fsp3) is 0.414. The van der Waals surface area contributed by atoms with E-state index >= 15 is 0 Å². The first-order chi connectivity index (χ1) is 17.7. The number of furan rings is 1. The Hall–Kier alpha value is -2.97. The molecule has 0 saturated carbocycles. The van der Waals surface area contributed by atoms with Crippen molar-refractivity contribution in [3.8, 4) is 0 Å². The summed E-state index contributed by atoms with van der Waals surface area (Å²) in [6.45, 7) is 4.02. The lowest BCUT2D eigenvalue weighted by atomic mass is 9.71. The Morgan fingerprint density at radius 2 is 1.86 bits per heavy atom. The Balaban J connectivity index is 1.19. The zero-order valence-corrected chi connectivity index (χ0v) is 20.7. The molecule has 1 amide bonds. The summed E-state index contributed by atoms with van der Waals surface area (Å²) in [6.07, 6.45) is 3.40. The third-order valence-electron chi connectivity index (χ3n) is 8.46. The van der Waals surface area contributed by atoms with Crippen molar-refractivity contribution < 1.29 is 13.9 Å². The molecule has 3 N–H and O–H groups in total. The van der Waals surface area contributed by atoms with Crippen molar-refractivity contribution in [2.24, 2.45) is 5.92 Å². The van der Waals surface area contributed by atoms with E-state index in [1.54, 1.807) is 19.2 Å². The molecule has 3 aromatic rings. The summed E-state index contributed by atoms with van der Waals surface area (Å²) < 4.78 is 11.5. The van der Waals surface area contributed by atoms with Crippen LogP contribution in [-0.2, 0) is 10.2 Å². The van der Waals surface area contributed by atoms with E-state index in [0.717, 1.165) is 44.6 Å². The average Bonchev–Trinajstić information content (AvgIpc) is 3.67. The van der Waals surface area contributed by atoms with E-state index in [0.29, 0.717) is 17.7 Å². The highest BCUT2D eigenvalue weighted by atomic mass is 16.5. The van der Waals surface area contributed by atoms with Crippen LogP contribution in [0.25, 0.3) is 0 Å². The number of hydrogen-bond acceptors (Lipinski definition) is 6. The third-order valence-corrected chi connectivity index (χ3v) is 8.46. The molecular formula is C29H34N4O3. The zero-order chi connectivity index (χ0) is 24.5. The predicted octanol–water partition coefficient (Wildman–Crippen LogP) is 3.58. The molecule has 3 heterocycles. The van der Waals surface area contributed by atoms with Crippen molar-refractivity contribution in [3.63, 3.8) is 0 Å². The van der Waals surface area contributed by atoms with Gasteiger partial charge in [-0.15, -0.1) is 0 Å². The molecule has 2 unspecified atom stereocenters. The van der Waals surface area contributed by atoms with Crippen LogP contribution in [0.3, 0.4) is 0 Å². The number of carbonyl (C=O) groups excluding carboxylic acids is 1. The summed E-state index contributed by atoms with van der Waals surface area (Å²) in [7, 11) is 1.77. The number of hydrazine groups is 1. The standard InChI is InChI=1S/C29H34N4O3/c1-35-27-26(31-28(34)24-12-7-17-36-24)22-10-5-6-11-23(22)29(27)13-15-33(16-14-29)19-21-18-30-32-25(21)20-8-3-2-4-9-20/h2-12,17,21,25-27,30,32H,13-16,18-19H2,1H3,(H,31,34)/t21?,25?,26-,27+/m0/s1. The van der Waals surface area contributed by atoms with Crippen molar-refractivity contribution in [3.05, 3.63) is 95.4 Å². The summed E-state index contributed by atoms with van der Waals surface area (Å²) in [4.78, 5) is 15.5. The lowest BCUT2D eigenvalue weighted by molar-refractivity contribution is -0.0131. The fourth-order valence-electron chi connectivity index (χ4n) is 6.73. The van der Waals surface area contributed by atoms with Gasteiger partial charge in [-0.05, 0) is 54.8 Å². The van der Waals surface area contributed by atoms with Crippen LogP contribution in [0.15, 0.2) is 77.4 Å². The monoisotopic (exact) mass is 486 g/mol. The van der Waals surface area contributed by atoms with Crippen LogP contribution in [0.4, 0.5) is 0 Å². The first kappa shape index (κ1) is 23.4. The molecule has 7 heteroatoms. The highest BCUT2D eigenvalue weighted by Crippen LogP contribution is 2.52. The van der Waals surface area contributed by atoms with E-state index in [2.05, 4.69) is 75.7 Å². The number of carbonyl (C=O) groups is 1. The van der Waals surface area contributed by atoms with Crippen molar-refractivity contribution in [2.75, 3.05) is 33.3 Å². The van der Waals surface area contributed by atoms with Crippen molar-refractivity contribution in [1.29, 1.82) is 0 Å². The Kier molecular flexibility index (Phi) is 6.39. The summed E-state index contributed by atoms with van der Waals surface area (Å²) in [6, 6.07) is 22.8. The first-order valence-electron chi connectivity index (χ1n) is 12.9. The van der Waals surface area contributed by atoms with Crippen molar-refractivity contribution in [1.82, 2.24) is 21.1 Å². The van der Waals surface area contributed by atoms with Gasteiger partial charge in [0, 0.05) is 31.5 Å². The minimum atomic E-state index is -0.207. The summed E-state index contributed by atoms with van der Waals surface area (Å²) >= 11 is 0. The second-order valence-electron chi connectivity index (χ2n) is 10.3. The summed E-state index contributed by atoms with van der Waals surface area (Å²) in [5.74, 6) is 0.630. The van der Waals surface area contributed by atoms with E-state index in [1.807, 2.05) is 0 Å². The molecule has 36 heavy (non-hydrogen) atoms. The quantitative estimate of drug-likeness (QED) is 0.494. The van der Waals surface area contributed by atoms with E-state index in [1.165, 1.54) is 17.4 Å². The molecule has 3 aliphatic rings. The number of amides is 1. The van der Waals surface area contributed by atoms with Gasteiger partial charge in [0.2, 0.25) is 0 Å². The van der Waals surface area contributed by atoms with Crippen LogP contribution in [0.1, 0.15) is 52.2 Å². The van der Waals surface area contributed by atoms with Crippen LogP contribution in [0.2, 0.25) is 0 Å². The number of likely N-dealkylation sites (tertiary alicyclic amines) is 1. The lowest BCUT2D eigenvalue weighted by Crippen LogP contribution is -2.51. The van der Waals surface area contributed by atoms with Gasteiger partial charge in [-0.3, -0.25) is 10.2 Å². The molecular weight excluding hydrogens is 452 g/mol. The van der Waals surface area contributed by atoms with Crippen LogP contribution >= 0.6 is 0 Å². The van der Waals surface area contributed by atoms with Gasteiger partial charge in [-0.1, -0.05) is 54.6 Å². The maximum atomic E-state index is 12.9. The molecule has 4 atom stereocenters. The van der Waals surface area contributed by atoms with Crippen molar-refractivity contribution in [2.45, 2.75) is 36.4 Å². The molecule has 188 valence electrons. The predicted molar refractivity (Wildman–Crippen MR) is 137 cm³/mol. The highest BCUT2D eigenvalue weighted by molar-refractivity contribution is 5.91. The largest absolute Gasteiger partial charge is 0.459 e. The maximum absolute atomic E-state index is 12.9. The Bertz CT molecular complexity index is 1170. The maximum Gasteiger partial charge on any atom is 0.287 e. The van der Waals surface area contributed by atoms with Gasteiger partial charge in [0.05, 0.1) is 24.5 Å².